The molecule has 20 heavy (non-hydrogen) atoms. The van der Waals surface area contributed by atoms with Gasteiger partial charge in [-0.3, -0.25) is 9.56 Å². The SMILES string of the molecule is CCOP(=O)(CN=C1CC=C(OC(C)(C)C)S1)OCC. The van der Waals surface area contributed by atoms with E-state index in [4.69, 9.17) is 13.8 Å². The van der Waals surface area contributed by atoms with E-state index in [0.29, 0.717) is 19.6 Å². The fourth-order valence-electron chi connectivity index (χ4n) is 1.51. The number of thioether (sulfide) groups is 1. The van der Waals surface area contributed by atoms with Crippen LogP contribution in [-0.4, -0.2) is 30.1 Å². The lowest BCUT2D eigenvalue weighted by molar-refractivity contribution is 0.0695. The lowest BCUT2D eigenvalue weighted by Crippen LogP contribution is -2.17. The third-order valence-corrected chi connectivity index (χ3v) is 4.91. The lowest BCUT2D eigenvalue weighted by atomic mass is 10.2. The maximum atomic E-state index is 12.3. The molecule has 1 aliphatic heterocycles. The molecular formula is C13H24NO4PS. The Balaban J connectivity index is 2.55. The molecule has 0 saturated heterocycles. The first-order valence-electron chi connectivity index (χ1n) is 6.76. The van der Waals surface area contributed by atoms with Crippen LogP contribution >= 0.6 is 19.4 Å². The van der Waals surface area contributed by atoms with E-state index >= 15 is 0 Å². The minimum absolute atomic E-state index is 0.0631. The minimum atomic E-state index is -3.10. The van der Waals surface area contributed by atoms with Crippen molar-refractivity contribution in [3.63, 3.8) is 0 Å². The Labute approximate surface area is 125 Å². The van der Waals surface area contributed by atoms with Crippen LogP contribution in [0.3, 0.4) is 0 Å². The van der Waals surface area contributed by atoms with Crippen LogP contribution in [0.5, 0.6) is 0 Å². The maximum absolute atomic E-state index is 12.3. The van der Waals surface area contributed by atoms with Crippen molar-refractivity contribution in [1.29, 1.82) is 0 Å². The average Bonchev–Trinajstić information content (AvgIpc) is 2.72. The molecule has 0 radical (unpaired) electrons. The molecule has 7 heteroatoms. The quantitative estimate of drug-likeness (QED) is 0.650. The Morgan fingerprint density at radius 1 is 1.30 bits per heavy atom. The van der Waals surface area contributed by atoms with E-state index < -0.39 is 7.60 Å². The first-order valence-corrected chi connectivity index (χ1v) is 9.31. The smallest absolute Gasteiger partial charge is 0.351 e. The molecule has 116 valence electrons. The van der Waals surface area contributed by atoms with Gasteiger partial charge in [0.05, 0.1) is 18.3 Å². The van der Waals surface area contributed by atoms with Crippen molar-refractivity contribution in [2.75, 3.05) is 19.5 Å². The summed E-state index contributed by atoms with van der Waals surface area (Å²) in [5, 5.41) is 1.72. The van der Waals surface area contributed by atoms with E-state index in [1.165, 1.54) is 11.8 Å². The molecule has 0 fully saturated rings. The summed E-state index contributed by atoms with van der Waals surface area (Å²) in [6.45, 7) is 10.3. The van der Waals surface area contributed by atoms with Crippen LogP contribution in [-0.2, 0) is 18.3 Å². The first-order chi connectivity index (χ1) is 9.28. The van der Waals surface area contributed by atoms with Crippen LogP contribution in [0.1, 0.15) is 41.0 Å². The molecule has 1 rings (SSSR count). The van der Waals surface area contributed by atoms with Crippen LogP contribution in [0.4, 0.5) is 0 Å². The normalized spacial score (nSPS) is 18.4. The third-order valence-electron chi connectivity index (χ3n) is 2.14. The predicted molar refractivity (Wildman–Crippen MR) is 84.3 cm³/mol. The van der Waals surface area contributed by atoms with Crippen molar-refractivity contribution in [3.8, 4) is 0 Å². The van der Waals surface area contributed by atoms with Gasteiger partial charge in [0.15, 0.2) is 5.09 Å². The molecule has 0 amide bonds. The highest BCUT2D eigenvalue weighted by Gasteiger charge is 2.25. The van der Waals surface area contributed by atoms with Crippen molar-refractivity contribution in [3.05, 3.63) is 11.2 Å². The Morgan fingerprint density at radius 2 is 1.90 bits per heavy atom. The second-order valence-electron chi connectivity index (χ2n) is 5.18. The van der Waals surface area contributed by atoms with Gasteiger partial charge in [-0.15, -0.1) is 0 Å². The Hall–Kier alpha value is -0.290. The van der Waals surface area contributed by atoms with Crippen molar-refractivity contribution in [2.24, 2.45) is 4.99 Å². The molecular weight excluding hydrogens is 297 g/mol. The molecule has 0 N–H and O–H groups in total. The molecule has 0 unspecified atom stereocenters. The molecule has 1 heterocycles. The van der Waals surface area contributed by atoms with E-state index in [1.807, 2.05) is 26.8 Å². The Morgan fingerprint density at radius 3 is 2.40 bits per heavy atom. The standard InChI is InChI=1S/C13H24NO4PS/c1-6-16-19(15,17-7-2)10-14-11-8-9-12(20-11)18-13(3,4)5/h9H,6-8,10H2,1-5H3. The van der Waals surface area contributed by atoms with Crippen molar-refractivity contribution < 1.29 is 18.3 Å². The number of nitrogens with zero attached hydrogens (tertiary/aromatic N) is 1. The second kappa shape index (κ2) is 7.64. The zero-order chi connectivity index (χ0) is 15.2. The van der Waals surface area contributed by atoms with E-state index in [-0.39, 0.29) is 11.9 Å². The number of hydrogen-bond donors (Lipinski definition) is 0. The van der Waals surface area contributed by atoms with Crippen molar-refractivity contribution in [2.45, 2.75) is 46.6 Å². The molecule has 0 atom stereocenters. The number of aliphatic imine (C=N–C) groups is 1. The Kier molecular flexibility index (Phi) is 6.79. The van der Waals surface area contributed by atoms with Gasteiger partial charge < -0.3 is 13.8 Å². The van der Waals surface area contributed by atoms with Crippen LogP contribution in [0.15, 0.2) is 16.2 Å². The van der Waals surface area contributed by atoms with E-state index in [0.717, 1.165) is 10.1 Å². The number of allylic oxidation sites excluding steroid dienone is 1. The number of ether oxygens (including phenoxy) is 1. The molecule has 5 nitrogen and oxygen atoms in total. The molecule has 0 saturated carbocycles. The molecule has 1 aliphatic rings. The zero-order valence-electron chi connectivity index (χ0n) is 12.8. The molecule has 0 aromatic heterocycles. The summed E-state index contributed by atoms with van der Waals surface area (Å²) >= 11 is 1.47. The fraction of sp³-hybridized carbons (Fsp3) is 0.769. The van der Waals surface area contributed by atoms with E-state index in [9.17, 15) is 4.57 Å². The summed E-state index contributed by atoms with van der Waals surface area (Å²) < 4.78 is 28.5. The first kappa shape index (κ1) is 17.8. The number of hydrogen-bond acceptors (Lipinski definition) is 6. The summed E-state index contributed by atoms with van der Waals surface area (Å²) in [6, 6.07) is 0. The van der Waals surface area contributed by atoms with E-state index in [2.05, 4.69) is 4.99 Å². The van der Waals surface area contributed by atoms with Crippen LogP contribution in [0, 0.1) is 0 Å². The topological polar surface area (TPSA) is 57.1 Å². The summed E-state index contributed by atoms with van der Waals surface area (Å²) in [5.74, 6) is 0. The Bertz CT molecular complexity index is 419. The van der Waals surface area contributed by atoms with Gasteiger partial charge in [-0.05, 0) is 52.5 Å². The molecule has 0 bridgehead atoms. The van der Waals surface area contributed by atoms with E-state index in [1.54, 1.807) is 13.8 Å². The molecule has 0 aliphatic carbocycles. The maximum Gasteiger partial charge on any atom is 0.351 e. The summed E-state index contributed by atoms with van der Waals surface area (Å²) in [4.78, 5) is 4.35. The van der Waals surface area contributed by atoms with Gasteiger partial charge >= 0.3 is 7.60 Å². The average molecular weight is 321 g/mol. The third kappa shape index (κ3) is 6.44. The fourth-order valence-corrected chi connectivity index (χ4v) is 3.96. The van der Waals surface area contributed by atoms with Gasteiger partial charge in [-0.2, -0.15) is 0 Å². The van der Waals surface area contributed by atoms with Crippen molar-refractivity contribution >= 4 is 24.4 Å². The van der Waals surface area contributed by atoms with Gasteiger partial charge in [0.2, 0.25) is 0 Å². The number of rotatable bonds is 7. The highest BCUT2D eigenvalue weighted by atomic mass is 32.2. The second-order valence-corrected chi connectivity index (χ2v) is 8.28. The highest BCUT2D eigenvalue weighted by molar-refractivity contribution is 8.17. The lowest BCUT2D eigenvalue weighted by Gasteiger charge is -2.21. The zero-order valence-corrected chi connectivity index (χ0v) is 14.6. The van der Waals surface area contributed by atoms with Gasteiger partial charge in [-0.1, -0.05) is 0 Å². The summed E-state index contributed by atoms with van der Waals surface area (Å²) in [7, 11) is -3.10. The molecule has 0 aromatic rings. The van der Waals surface area contributed by atoms with Gasteiger partial charge in [0.1, 0.15) is 11.9 Å². The highest BCUT2D eigenvalue weighted by Crippen LogP contribution is 2.48. The van der Waals surface area contributed by atoms with Gasteiger partial charge in [-0.25, -0.2) is 0 Å². The van der Waals surface area contributed by atoms with Crippen LogP contribution < -0.4 is 0 Å². The predicted octanol–water partition coefficient (Wildman–Crippen LogP) is 4.40. The largest absolute Gasteiger partial charge is 0.482 e. The molecule has 0 spiro atoms. The summed E-state index contributed by atoms with van der Waals surface area (Å²) in [5.41, 5.74) is -0.222. The van der Waals surface area contributed by atoms with Crippen LogP contribution in [0.25, 0.3) is 0 Å². The monoisotopic (exact) mass is 321 g/mol. The minimum Gasteiger partial charge on any atom is -0.482 e. The molecule has 0 aromatic carbocycles. The van der Waals surface area contributed by atoms with Crippen molar-refractivity contribution in [1.82, 2.24) is 0 Å². The van der Waals surface area contributed by atoms with Crippen LogP contribution in [0.2, 0.25) is 0 Å². The van der Waals surface area contributed by atoms with Gasteiger partial charge in [0, 0.05) is 6.42 Å². The van der Waals surface area contributed by atoms with Gasteiger partial charge in [0.25, 0.3) is 0 Å². The summed E-state index contributed by atoms with van der Waals surface area (Å²) in [6.07, 6.45) is 2.75.